The smallest absolute Gasteiger partial charge is 0.214 e. The molecule has 0 aromatic heterocycles. The third-order valence-electron chi connectivity index (χ3n) is 3.12. The van der Waals surface area contributed by atoms with Gasteiger partial charge in [-0.3, -0.25) is 0 Å². The lowest BCUT2D eigenvalue weighted by Crippen LogP contribution is -2.58. The van der Waals surface area contributed by atoms with Crippen LogP contribution < -0.4 is 4.74 Å². The maximum atomic E-state index is 9.84. The molecule has 1 unspecified atom stereocenters. The summed E-state index contributed by atoms with van der Waals surface area (Å²) in [6.07, 6.45) is -4.01. The van der Waals surface area contributed by atoms with E-state index in [1.807, 2.05) is 19.1 Å². The molecule has 6 heteroatoms. The van der Waals surface area contributed by atoms with Crippen LogP contribution in [-0.2, 0) is 4.74 Å². The van der Waals surface area contributed by atoms with Gasteiger partial charge in [-0.2, -0.15) is 12.6 Å². The third kappa shape index (κ3) is 3.21. The molecule has 5 nitrogen and oxygen atoms in total. The summed E-state index contributed by atoms with van der Waals surface area (Å²) in [7, 11) is 0. The van der Waals surface area contributed by atoms with Gasteiger partial charge in [0.1, 0.15) is 24.1 Å². The van der Waals surface area contributed by atoms with Crippen LogP contribution in [0.1, 0.15) is 5.56 Å². The Balaban J connectivity index is 2.08. The van der Waals surface area contributed by atoms with E-state index in [1.165, 1.54) is 0 Å². The van der Waals surface area contributed by atoms with Crippen molar-refractivity contribution >= 4 is 12.6 Å². The molecule has 1 aromatic carbocycles. The van der Waals surface area contributed by atoms with Gasteiger partial charge in [-0.1, -0.05) is 17.7 Å². The van der Waals surface area contributed by atoms with E-state index in [0.717, 1.165) is 5.56 Å². The number of ether oxygens (including phenoxy) is 2. The molecule has 1 aliphatic heterocycles. The Morgan fingerprint density at radius 2 is 1.84 bits per heavy atom. The predicted octanol–water partition coefficient (Wildman–Crippen LogP) is 0.111. The molecule has 19 heavy (non-hydrogen) atoms. The summed E-state index contributed by atoms with van der Waals surface area (Å²) in [5.41, 5.74) is 1.10. The van der Waals surface area contributed by atoms with Crippen LogP contribution in [0.4, 0.5) is 0 Å². The van der Waals surface area contributed by atoms with Gasteiger partial charge < -0.3 is 24.8 Å². The van der Waals surface area contributed by atoms with E-state index in [0.29, 0.717) is 5.75 Å². The average molecular weight is 286 g/mol. The van der Waals surface area contributed by atoms with Crippen LogP contribution >= 0.6 is 12.6 Å². The zero-order valence-corrected chi connectivity index (χ0v) is 11.4. The fourth-order valence-electron chi connectivity index (χ4n) is 1.92. The highest BCUT2D eigenvalue weighted by Gasteiger charge is 2.43. The molecule has 1 heterocycles. The van der Waals surface area contributed by atoms with Crippen LogP contribution in [0.3, 0.4) is 0 Å². The highest BCUT2D eigenvalue weighted by atomic mass is 32.1. The number of aliphatic hydroxyl groups excluding tert-OH is 3. The number of rotatable bonds is 3. The summed E-state index contributed by atoms with van der Waals surface area (Å²) in [5, 5.41) is 27.9. The van der Waals surface area contributed by atoms with E-state index < -0.39 is 36.5 Å². The monoisotopic (exact) mass is 286 g/mol. The Kier molecular flexibility index (Phi) is 4.70. The van der Waals surface area contributed by atoms with Crippen LogP contribution in [0.15, 0.2) is 24.3 Å². The van der Waals surface area contributed by atoms with Gasteiger partial charge in [0.05, 0.1) is 11.9 Å². The molecule has 5 atom stereocenters. The number of hydrogen-bond acceptors (Lipinski definition) is 6. The van der Waals surface area contributed by atoms with Crippen LogP contribution in [0.5, 0.6) is 5.75 Å². The van der Waals surface area contributed by atoms with Crippen molar-refractivity contribution in [3.63, 3.8) is 0 Å². The number of aliphatic hydroxyl groups is 3. The number of aryl methyl sites for hydroxylation is 1. The summed E-state index contributed by atoms with van der Waals surface area (Å²) < 4.78 is 11.0. The van der Waals surface area contributed by atoms with E-state index in [2.05, 4.69) is 12.6 Å². The highest BCUT2D eigenvalue weighted by molar-refractivity contribution is 7.81. The van der Waals surface area contributed by atoms with Crippen molar-refractivity contribution in [2.45, 2.75) is 36.8 Å². The minimum Gasteiger partial charge on any atom is -0.464 e. The van der Waals surface area contributed by atoms with Crippen LogP contribution in [0.2, 0.25) is 0 Å². The maximum absolute atomic E-state index is 9.84. The van der Waals surface area contributed by atoms with Crippen molar-refractivity contribution in [2.75, 3.05) is 6.61 Å². The second kappa shape index (κ2) is 6.11. The van der Waals surface area contributed by atoms with Crippen molar-refractivity contribution in [3.8, 4) is 5.75 Å². The topological polar surface area (TPSA) is 79.2 Å². The van der Waals surface area contributed by atoms with Gasteiger partial charge in [0.15, 0.2) is 0 Å². The molecule has 0 saturated carbocycles. The predicted molar refractivity (Wildman–Crippen MR) is 72.3 cm³/mol. The quantitative estimate of drug-likeness (QED) is 0.593. The van der Waals surface area contributed by atoms with E-state index in [4.69, 9.17) is 14.6 Å². The van der Waals surface area contributed by atoms with Crippen molar-refractivity contribution in [1.82, 2.24) is 0 Å². The highest BCUT2D eigenvalue weighted by Crippen LogP contribution is 2.27. The summed E-state index contributed by atoms with van der Waals surface area (Å²) in [6.45, 7) is 1.57. The Bertz CT molecular complexity index is 408. The zero-order valence-electron chi connectivity index (χ0n) is 10.5. The Hall–Kier alpha value is -0.790. The number of benzene rings is 1. The SMILES string of the molecule is Cc1ccc(OC2O[C@H](CO)[C@H](O)[C@H](O)[C@H]2S)cc1. The first-order valence-corrected chi connectivity index (χ1v) is 6.58. The van der Waals surface area contributed by atoms with Crippen molar-refractivity contribution in [3.05, 3.63) is 29.8 Å². The first-order valence-electron chi connectivity index (χ1n) is 6.07. The van der Waals surface area contributed by atoms with Gasteiger partial charge in [-0.15, -0.1) is 0 Å². The second-order valence-electron chi connectivity index (χ2n) is 4.63. The fraction of sp³-hybridized carbons (Fsp3) is 0.538. The minimum absolute atomic E-state index is 0.396. The molecule has 1 fully saturated rings. The van der Waals surface area contributed by atoms with Gasteiger partial charge >= 0.3 is 0 Å². The summed E-state index contributed by atoms with van der Waals surface area (Å²) >= 11 is 4.20. The molecule has 0 spiro atoms. The van der Waals surface area contributed by atoms with Crippen molar-refractivity contribution in [2.24, 2.45) is 0 Å². The van der Waals surface area contributed by atoms with E-state index >= 15 is 0 Å². The van der Waals surface area contributed by atoms with Crippen LogP contribution in [0.25, 0.3) is 0 Å². The van der Waals surface area contributed by atoms with Gasteiger partial charge in [-0.05, 0) is 19.1 Å². The van der Waals surface area contributed by atoms with E-state index in [-0.39, 0.29) is 0 Å². The minimum atomic E-state index is -1.18. The van der Waals surface area contributed by atoms with Crippen LogP contribution in [-0.4, -0.2) is 51.8 Å². The van der Waals surface area contributed by atoms with Gasteiger partial charge in [0.25, 0.3) is 0 Å². The molecule has 1 aromatic rings. The molecular formula is C13H18O5S. The lowest BCUT2D eigenvalue weighted by molar-refractivity contribution is -0.225. The van der Waals surface area contributed by atoms with Crippen LogP contribution in [0, 0.1) is 6.92 Å². The first kappa shape index (κ1) is 14.6. The Labute approximate surface area is 117 Å². The summed E-state index contributed by atoms with van der Waals surface area (Å²) in [4.78, 5) is 0. The largest absolute Gasteiger partial charge is 0.464 e. The molecule has 0 amide bonds. The summed E-state index contributed by atoms with van der Waals surface area (Å²) in [5.74, 6) is 0.579. The summed E-state index contributed by atoms with van der Waals surface area (Å²) in [6, 6.07) is 7.34. The Morgan fingerprint density at radius 3 is 2.42 bits per heavy atom. The van der Waals surface area contributed by atoms with Crippen molar-refractivity contribution in [1.29, 1.82) is 0 Å². The lowest BCUT2D eigenvalue weighted by atomic mass is 10.0. The molecular weight excluding hydrogens is 268 g/mol. The normalized spacial score (nSPS) is 35.1. The standard InChI is InChI=1S/C13H18O5S/c1-7-2-4-8(5-3-7)17-13-12(19)11(16)10(15)9(6-14)18-13/h2-5,9-16,19H,6H2,1H3/t9-,10+,11+,12-,13?/m1/s1. The third-order valence-corrected chi connectivity index (χ3v) is 3.67. The molecule has 1 aliphatic rings. The molecule has 2 rings (SSSR count). The Morgan fingerprint density at radius 1 is 1.21 bits per heavy atom. The van der Waals surface area contributed by atoms with Gasteiger partial charge in [-0.25, -0.2) is 0 Å². The van der Waals surface area contributed by atoms with Gasteiger partial charge in [0, 0.05) is 0 Å². The van der Waals surface area contributed by atoms with E-state index in [9.17, 15) is 10.2 Å². The zero-order chi connectivity index (χ0) is 14.0. The molecule has 0 bridgehead atoms. The molecule has 3 N–H and O–H groups in total. The fourth-order valence-corrected chi connectivity index (χ4v) is 2.22. The first-order chi connectivity index (χ1) is 9.02. The molecule has 106 valence electrons. The number of hydrogen-bond donors (Lipinski definition) is 4. The van der Waals surface area contributed by atoms with Crippen molar-refractivity contribution < 1.29 is 24.8 Å². The van der Waals surface area contributed by atoms with E-state index in [1.54, 1.807) is 12.1 Å². The second-order valence-corrected chi connectivity index (χ2v) is 5.22. The molecule has 0 radical (unpaired) electrons. The lowest BCUT2D eigenvalue weighted by Gasteiger charge is -2.40. The number of thiol groups is 1. The molecule has 0 aliphatic carbocycles. The molecule has 1 saturated heterocycles. The van der Waals surface area contributed by atoms with Gasteiger partial charge in [0.2, 0.25) is 6.29 Å². The average Bonchev–Trinajstić information content (AvgIpc) is 2.42. The maximum Gasteiger partial charge on any atom is 0.214 e.